The fraction of sp³-hybridized carbons (Fsp3) is 0.286. The molecule has 2 rings (SSSR count). The zero-order chi connectivity index (χ0) is 13.8. The van der Waals surface area contributed by atoms with Crippen molar-refractivity contribution in [1.82, 2.24) is 4.57 Å². The van der Waals surface area contributed by atoms with Crippen LogP contribution in [0.15, 0.2) is 30.5 Å². The van der Waals surface area contributed by atoms with Gasteiger partial charge in [0.2, 0.25) is 0 Å². The quantitative estimate of drug-likeness (QED) is 0.813. The van der Waals surface area contributed by atoms with Crippen LogP contribution < -0.4 is 5.32 Å². The van der Waals surface area contributed by atoms with Crippen molar-refractivity contribution < 1.29 is 13.2 Å². The van der Waals surface area contributed by atoms with Crippen LogP contribution in [-0.4, -0.2) is 4.57 Å². The highest BCUT2D eigenvalue weighted by Gasteiger charge is 2.10. The molecule has 0 atom stereocenters. The van der Waals surface area contributed by atoms with Crippen LogP contribution in [0.4, 0.5) is 18.9 Å². The normalized spacial score (nSPS) is 10.7. The Morgan fingerprint density at radius 2 is 1.84 bits per heavy atom. The maximum absolute atomic E-state index is 13.4. The van der Waals surface area contributed by atoms with Crippen LogP contribution in [0.2, 0.25) is 0 Å². The van der Waals surface area contributed by atoms with Gasteiger partial charge in [0.05, 0.1) is 12.2 Å². The number of nitrogens with one attached hydrogen (secondary N) is 1. The smallest absolute Gasteiger partial charge is 0.161 e. The third kappa shape index (κ3) is 3.10. The van der Waals surface area contributed by atoms with E-state index in [0.717, 1.165) is 24.7 Å². The average Bonchev–Trinajstić information content (AvgIpc) is 2.80. The molecule has 0 unspecified atom stereocenters. The molecule has 0 bridgehead atoms. The lowest BCUT2D eigenvalue weighted by Gasteiger charge is -2.11. The highest BCUT2D eigenvalue weighted by molar-refractivity contribution is 5.45. The van der Waals surface area contributed by atoms with E-state index in [0.29, 0.717) is 12.6 Å². The Morgan fingerprint density at radius 1 is 1.11 bits per heavy atom. The number of aryl methyl sites for hydroxylation is 1. The molecule has 0 saturated heterocycles. The standard InChI is InChI=1S/C14H15F3N2/c1-2-5-19-6-3-4-10(19)9-18-14-8-12(16)11(15)7-13(14)17/h3-4,6-8,18H,2,5,9H2,1H3. The Kier molecular flexibility index (Phi) is 4.14. The lowest BCUT2D eigenvalue weighted by atomic mass is 10.2. The summed E-state index contributed by atoms with van der Waals surface area (Å²) in [6, 6.07) is 5.18. The molecule has 1 N–H and O–H groups in total. The lowest BCUT2D eigenvalue weighted by molar-refractivity contribution is 0.496. The van der Waals surface area contributed by atoms with Crippen molar-refractivity contribution in [3.63, 3.8) is 0 Å². The zero-order valence-corrected chi connectivity index (χ0v) is 10.6. The molecule has 0 aliphatic carbocycles. The molecule has 0 spiro atoms. The van der Waals surface area contributed by atoms with E-state index in [9.17, 15) is 13.2 Å². The van der Waals surface area contributed by atoms with E-state index < -0.39 is 17.5 Å². The summed E-state index contributed by atoms with van der Waals surface area (Å²) in [5, 5.41) is 2.78. The molecule has 0 aliphatic heterocycles. The van der Waals surface area contributed by atoms with E-state index in [-0.39, 0.29) is 5.69 Å². The molecule has 0 amide bonds. The molecule has 1 aromatic heterocycles. The van der Waals surface area contributed by atoms with E-state index in [1.165, 1.54) is 0 Å². The van der Waals surface area contributed by atoms with Crippen LogP contribution in [-0.2, 0) is 13.1 Å². The average molecular weight is 268 g/mol. The van der Waals surface area contributed by atoms with Gasteiger partial charge in [-0.15, -0.1) is 0 Å². The van der Waals surface area contributed by atoms with Crippen LogP contribution in [0, 0.1) is 17.5 Å². The highest BCUT2D eigenvalue weighted by Crippen LogP contribution is 2.19. The third-order valence-electron chi connectivity index (χ3n) is 2.86. The maximum atomic E-state index is 13.4. The first-order chi connectivity index (χ1) is 9.11. The number of benzene rings is 1. The second-order valence-electron chi connectivity index (χ2n) is 4.29. The fourth-order valence-corrected chi connectivity index (χ4v) is 1.91. The predicted molar refractivity (Wildman–Crippen MR) is 68.4 cm³/mol. The Morgan fingerprint density at radius 3 is 2.58 bits per heavy atom. The van der Waals surface area contributed by atoms with Crippen molar-refractivity contribution in [2.75, 3.05) is 5.32 Å². The van der Waals surface area contributed by atoms with Crippen molar-refractivity contribution in [2.45, 2.75) is 26.4 Å². The van der Waals surface area contributed by atoms with Crippen molar-refractivity contribution in [1.29, 1.82) is 0 Å². The molecular weight excluding hydrogens is 253 g/mol. The van der Waals surface area contributed by atoms with Crippen molar-refractivity contribution in [3.8, 4) is 0 Å². The van der Waals surface area contributed by atoms with Gasteiger partial charge in [-0.05, 0) is 18.6 Å². The number of anilines is 1. The molecule has 1 aromatic carbocycles. The van der Waals surface area contributed by atoms with Gasteiger partial charge < -0.3 is 9.88 Å². The van der Waals surface area contributed by atoms with Gasteiger partial charge in [0.1, 0.15) is 5.82 Å². The van der Waals surface area contributed by atoms with E-state index in [1.54, 1.807) is 0 Å². The Labute approximate surface area is 109 Å². The summed E-state index contributed by atoms with van der Waals surface area (Å²) in [5.41, 5.74) is 0.925. The van der Waals surface area contributed by atoms with Crippen LogP contribution >= 0.6 is 0 Å². The van der Waals surface area contributed by atoms with E-state index in [4.69, 9.17) is 0 Å². The second-order valence-corrected chi connectivity index (χ2v) is 4.29. The molecule has 0 radical (unpaired) electrons. The molecule has 0 saturated carbocycles. The number of halogens is 3. The van der Waals surface area contributed by atoms with E-state index in [2.05, 4.69) is 12.2 Å². The molecule has 2 aromatic rings. The number of aromatic nitrogens is 1. The molecule has 1 heterocycles. The van der Waals surface area contributed by atoms with Gasteiger partial charge in [-0.25, -0.2) is 13.2 Å². The molecule has 0 fully saturated rings. The number of hydrogen-bond acceptors (Lipinski definition) is 1. The Balaban J connectivity index is 2.10. The van der Waals surface area contributed by atoms with Crippen LogP contribution in [0.3, 0.4) is 0 Å². The minimum atomic E-state index is -1.18. The molecule has 2 nitrogen and oxygen atoms in total. The van der Waals surface area contributed by atoms with Crippen LogP contribution in [0.5, 0.6) is 0 Å². The largest absolute Gasteiger partial charge is 0.377 e. The zero-order valence-electron chi connectivity index (χ0n) is 10.6. The highest BCUT2D eigenvalue weighted by atomic mass is 19.2. The number of rotatable bonds is 5. The van der Waals surface area contributed by atoms with Gasteiger partial charge in [-0.2, -0.15) is 0 Å². The Bertz CT molecular complexity index is 564. The molecular formula is C14H15F3N2. The first kappa shape index (κ1) is 13.5. The third-order valence-corrected chi connectivity index (χ3v) is 2.86. The monoisotopic (exact) mass is 268 g/mol. The summed E-state index contributed by atoms with van der Waals surface area (Å²) in [6.45, 7) is 3.28. The number of nitrogens with zero attached hydrogens (tertiary/aromatic N) is 1. The van der Waals surface area contributed by atoms with Crippen molar-refractivity contribution in [3.05, 3.63) is 53.6 Å². The van der Waals surface area contributed by atoms with E-state index in [1.807, 2.05) is 22.9 Å². The minimum Gasteiger partial charge on any atom is -0.377 e. The first-order valence-electron chi connectivity index (χ1n) is 6.14. The first-order valence-corrected chi connectivity index (χ1v) is 6.14. The summed E-state index contributed by atoms with van der Waals surface area (Å²) in [4.78, 5) is 0. The summed E-state index contributed by atoms with van der Waals surface area (Å²) in [6.07, 6.45) is 2.92. The summed E-state index contributed by atoms with van der Waals surface area (Å²) in [7, 11) is 0. The molecule has 102 valence electrons. The van der Waals surface area contributed by atoms with Gasteiger partial charge in [-0.1, -0.05) is 6.92 Å². The summed E-state index contributed by atoms with van der Waals surface area (Å²) in [5.74, 6) is -3.04. The SMILES string of the molecule is CCCn1cccc1CNc1cc(F)c(F)cc1F. The van der Waals surface area contributed by atoms with Gasteiger partial charge in [0.15, 0.2) is 11.6 Å². The Hall–Kier alpha value is -1.91. The maximum Gasteiger partial charge on any atom is 0.161 e. The van der Waals surface area contributed by atoms with E-state index >= 15 is 0 Å². The minimum absolute atomic E-state index is 0.0388. The lowest BCUT2D eigenvalue weighted by Crippen LogP contribution is -2.08. The van der Waals surface area contributed by atoms with Crippen LogP contribution in [0.1, 0.15) is 19.0 Å². The topological polar surface area (TPSA) is 17.0 Å². The predicted octanol–water partition coefficient (Wildman–Crippen LogP) is 3.93. The van der Waals surface area contributed by atoms with Crippen molar-refractivity contribution in [2.24, 2.45) is 0 Å². The van der Waals surface area contributed by atoms with Gasteiger partial charge in [-0.3, -0.25) is 0 Å². The summed E-state index contributed by atoms with van der Waals surface area (Å²) < 4.78 is 41.3. The van der Waals surface area contributed by atoms with Crippen molar-refractivity contribution >= 4 is 5.69 Å². The molecule has 0 aliphatic rings. The van der Waals surface area contributed by atoms with Gasteiger partial charge in [0.25, 0.3) is 0 Å². The van der Waals surface area contributed by atoms with Gasteiger partial charge in [0, 0.05) is 30.6 Å². The van der Waals surface area contributed by atoms with Crippen LogP contribution in [0.25, 0.3) is 0 Å². The number of hydrogen-bond donors (Lipinski definition) is 1. The fourth-order valence-electron chi connectivity index (χ4n) is 1.91. The molecule has 19 heavy (non-hydrogen) atoms. The van der Waals surface area contributed by atoms with Gasteiger partial charge >= 0.3 is 0 Å². The second kappa shape index (κ2) is 5.82. The molecule has 5 heteroatoms. The summed E-state index contributed by atoms with van der Waals surface area (Å²) >= 11 is 0.